The topological polar surface area (TPSA) is 61.6 Å². The van der Waals surface area contributed by atoms with Crippen LogP contribution in [0.25, 0.3) is 0 Å². The number of benzene rings is 1. The van der Waals surface area contributed by atoms with Crippen LogP contribution in [0.5, 0.6) is 0 Å². The Bertz CT molecular complexity index is 447. The van der Waals surface area contributed by atoms with Gasteiger partial charge in [-0.2, -0.15) is 0 Å². The van der Waals surface area contributed by atoms with E-state index >= 15 is 0 Å². The van der Waals surface area contributed by atoms with Crippen LogP contribution in [0, 0.1) is 15.5 Å². The van der Waals surface area contributed by atoms with Gasteiger partial charge in [0.1, 0.15) is 0 Å². The fourth-order valence-corrected chi connectivity index (χ4v) is 2.23. The number of rotatable bonds is 4. The second-order valence-corrected chi connectivity index (χ2v) is 5.01. The predicted octanol–water partition coefficient (Wildman–Crippen LogP) is 3.45. The van der Waals surface area contributed by atoms with Crippen molar-refractivity contribution in [1.82, 2.24) is 0 Å². The monoisotopic (exact) mass is 265 g/mol. The molecule has 0 N–H and O–H groups in total. The molecule has 1 aliphatic heterocycles. The minimum absolute atomic E-state index is 0.0625. The number of nitro groups is 1. The molecule has 1 aromatic rings. The zero-order valence-electron chi connectivity index (χ0n) is 11.3. The first-order valence-corrected chi connectivity index (χ1v) is 6.58. The Kier molecular flexibility index (Phi) is 4.17. The standard InChI is InChI=1S/C14H19NO4/c1-3-14(4-2)9-18-13(19-10-14)11-6-5-7-12(8-11)15(16)17/h5-8,13H,3-4,9-10H2,1-2H3. The summed E-state index contributed by atoms with van der Waals surface area (Å²) in [6, 6.07) is 6.43. The third-order valence-corrected chi connectivity index (χ3v) is 3.93. The van der Waals surface area contributed by atoms with Gasteiger partial charge in [0.25, 0.3) is 5.69 Å². The van der Waals surface area contributed by atoms with Crippen LogP contribution < -0.4 is 0 Å². The maximum atomic E-state index is 10.8. The van der Waals surface area contributed by atoms with E-state index in [0.29, 0.717) is 18.8 Å². The molecular weight excluding hydrogens is 246 g/mol. The highest BCUT2D eigenvalue weighted by Gasteiger charge is 2.34. The Morgan fingerprint density at radius 2 is 1.95 bits per heavy atom. The molecule has 0 spiro atoms. The van der Waals surface area contributed by atoms with Gasteiger partial charge in [0.15, 0.2) is 6.29 Å². The van der Waals surface area contributed by atoms with Crippen molar-refractivity contribution in [2.24, 2.45) is 5.41 Å². The molecule has 1 aliphatic rings. The van der Waals surface area contributed by atoms with Crippen molar-refractivity contribution >= 4 is 5.69 Å². The summed E-state index contributed by atoms with van der Waals surface area (Å²) < 4.78 is 11.5. The third-order valence-electron chi connectivity index (χ3n) is 3.93. The zero-order valence-corrected chi connectivity index (χ0v) is 11.3. The van der Waals surface area contributed by atoms with E-state index in [0.717, 1.165) is 12.8 Å². The van der Waals surface area contributed by atoms with E-state index in [1.807, 2.05) is 0 Å². The summed E-state index contributed by atoms with van der Waals surface area (Å²) in [7, 11) is 0. The first-order chi connectivity index (χ1) is 9.10. The molecule has 5 heteroatoms. The molecular formula is C14H19NO4. The van der Waals surface area contributed by atoms with E-state index in [1.165, 1.54) is 12.1 Å². The van der Waals surface area contributed by atoms with Crippen molar-refractivity contribution in [1.29, 1.82) is 0 Å². The minimum atomic E-state index is -0.494. The van der Waals surface area contributed by atoms with E-state index < -0.39 is 11.2 Å². The molecule has 0 aromatic heterocycles. The van der Waals surface area contributed by atoms with Crippen LogP contribution in [0.2, 0.25) is 0 Å². The van der Waals surface area contributed by atoms with Crippen LogP contribution in [-0.4, -0.2) is 18.1 Å². The van der Waals surface area contributed by atoms with Crippen LogP contribution in [-0.2, 0) is 9.47 Å². The van der Waals surface area contributed by atoms with Gasteiger partial charge in [0.05, 0.1) is 18.1 Å². The number of non-ortho nitro benzene ring substituents is 1. The fourth-order valence-electron chi connectivity index (χ4n) is 2.23. The second-order valence-electron chi connectivity index (χ2n) is 5.01. The second kappa shape index (κ2) is 5.67. The molecule has 0 aliphatic carbocycles. The predicted molar refractivity (Wildman–Crippen MR) is 70.8 cm³/mol. The maximum Gasteiger partial charge on any atom is 0.269 e. The van der Waals surface area contributed by atoms with Gasteiger partial charge in [-0.3, -0.25) is 10.1 Å². The lowest BCUT2D eigenvalue weighted by atomic mass is 9.83. The number of nitro benzene ring substituents is 1. The number of hydrogen-bond acceptors (Lipinski definition) is 4. The Morgan fingerprint density at radius 1 is 1.32 bits per heavy atom. The quantitative estimate of drug-likeness (QED) is 0.618. The molecule has 0 bridgehead atoms. The minimum Gasteiger partial charge on any atom is -0.348 e. The smallest absolute Gasteiger partial charge is 0.269 e. The summed E-state index contributed by atoms with van der Waals surface area (Å²) in [5.74, 6) is 0. The summed E-state index contributed by atoms with van der Waals surface area (Å²) in [6.07, 6.45) is 1.52. The average molecular weight is 265 g/mol. The SMILES string of the molecule is CCC1(CC)COC(c2cccc([N+](=O)[O-])c2)OC1. The lowest BCUT2D eigenvalue weighted by Crippen LogP contribution is -2.37. The van der Waals surface area contributed by atoms with Crippen molar-refractivity contribution in [2.45, 2.75) is 33.0 Å². The first kappa shape index (κ1) is 14.0. The van der Waals surface area contributed by atoms with E-state index in [4.69, 9.17) is 9.47 Å². The van der Waals surface area contributed by atoms with Gasteiger partial charge in [-0.15, -0.1) is 0 Å². The van der Waals surface area contributed by atoms with Gasteiger partial charge >= 0.3 is 0 Å². The van der Waals surface area contributed by atoms with Gasteiger partial charge in [-0.1, -0.05) is 26.0 Å². The summed E-state index contributed by atoms with van der Waals surface area (Å²) in [6.45, 7) is 5.52. The number of nitrogens with zero attached hydrogens (tertiary/aromatic N) is 1. The molecule has 1 aromatic carbocycles. The van der Waals surface area contributed by atoms with Gasteiger partial charge in [0, 0.05) is 23.1 Å². The molecule has 0 radical (unpaired) electrons. The number of ether oxygens (including phenoxy) is 2. The molecule has 5 nitrogen and oxygen atoms in total. The molecule has 19 heavy (non-hydrogen) atoms. The van der Waals surface area contributed by atoms with Gasteiger partial charge in [0.2, 0.25) is 0 Å². The van der Waals surface area contributed by atoms with Crippen molar-refractivity contribution in [3.05, 3.63) is 39.9 Å². The Morgan fingerprint density at radius 3 is 2.47 bits per heavy atom. The molecule has 0 amide bonds. The molecule has 0 unspecified atom stereocenters. The van der Waals surface area contributed by atoms with E-state index in [-0.39, 0.29) is 11.1 Å². The lowest BCUT2D eigenvalue weighted by molar-refractivity contribution is -0.385. The normalized spacial score (nSPS) is 19.3. The van der Waals surface area contributed by atoms with Crippen molar-refractivity contribution in [3.8, 4) is 0 Å². The molecule has 0 atom stereocenters. The maximum absolute atomic E-state index is 10.8. The molecule has 1 heterocycles. The molecule has 0 saturated carbocycles. The third kappa shape index (κ3) is 2.93. The highest BCUT2D eigenvalue weighted by Crippen LogP contribution is 2.36. The van der Waals surface area contributed by atoms with E-state index in [9.17, 15) is 10.1 Å². The highest BCUT2D eigenvalue weighted by molar-refractivity contribution is 5.34. The first-order valence-electron chi connectivity index (χ1n) is 6.58. The van der Waals surface area contributed by atoms with Crippen molar-refractivity contribution < 1.29 is 14.4 Å². The van der Waals surface area contributed by atoms with Crippen LogP contribution in [0.4, 0.5) is 5.69 Å². The molecule has 2 rings (SSSR count). The van der Waals surface area contributed by atoms with Crippen LogP contribution in [0.1, 0.15) is 38.5 Å². The van der Waals surface area contributed by atoms with E-state index in [1.54, 1.807) is 12.1 Å². The zero-order chi connectivity index (χ0) is 13.9. The van der Waals surface area contributed by atoms with E-state index in [2.05, 4.69) is 13.8 Å². The molecule has 1 saturated heterocycles. The lowest BCUT2D eigenvalue weighted by Gasteiger charge is -2.38. The summed E-state index contributed by atoms with van der Waals surface area (Å²) >= 11 is 0. The Balaban J connectivity index is 2.09. The average Bonchev–Trinajstić information content (AvgIpc) is 2.47. The Labute approximate surface area is 112 Å². The largest absolute Gasteiger partial charge is 0.348 e. The molecule has 1 fully saturated rings. The summed E-state index contributed by atoms with van der Waals surface area (Å²) in [5.41, 5.74) is 0.847. The fraction of sp³-hybridized carbons (Fsp3) is 0.571. The Hall–Kier alpha value is -1.46. The van der Waals surface area contributed by atoms with Gasteiger partial charge in [-0.05, 0) is 12.8 Å². The van der Waals surface area contributed by atoms with Crippen LogP contribution >= 0.6 is 0 Å². The van der Waals surface area contributed by atoms with Crippen molar-refractivity contribution in [2.75, 3.05) is 13.2 Å². The summed E-state index contributed by atoms with van der Waals surface area (Å²) in [4.78, 5) is 10.3. The number of hydrogen-bond donors (Lipinski definition) is 0. The molecule has 104 valence electrons. The van der Waals surface area contributed by atoms with Crippen molar-refractivity contribution in [3.63, 3.8) is 0 Å². The highest BCUT2D eigenvalue weighted by atomic mass is 16.7. The van der Waals surface area contributed by atoms with Crippen LogP contribution in [0.3, 0.4) is 0 Å². The van der Waals surface area contributed by atoms with Crippen LogP contribution in [0.15, 0.2) is 24.3 Å². The van der Waals surface area contributed by atoms with Gasteiger partial charge < -0.3 is 9.47 Å². The summed E-state index contributed by atoms with van der Waals surface area (Å²) in [5, 5.41) is 10.8. The van der Waals surface area contributed by atoms with Gasteiger partial charge in [-0.25, -0.2) is 0 Å².